The Labute approximate surface area is 308 Å². The van der Waals surface area contributed by atoms with Gasteiger partial charge in [-0.15, -0.1) is 0 Å². The van der Waals surface area contributed by atoms with Gasteiger partial charge in [-0.25, -0.2) is 18.6 Å². The first-order valence-corrected chi connectivity index (χ1v) is 17.7. The number of nitrogens with zero attached hydrogens (tertiary/aromatic N) is 3. The predicted octanol–water partition coefficient (Wildman–Crippen LogP) is 5.79. The molecule has 1 aromatic rings. The number of halogens is 4. The topological polar surface area (TPSA) is 152 Å². The Morgan fingerprint density at radius 1 is 0.827 bits per heavy atom. The Bertz CT molecular complexity index is 1830. The van der Waals surface area contributed by atoms with Gasteiger partial charge in [-0.3, -0.25) is 33.8 Å². The summed E-state index contributed by atoms with van der Waals surface area (Å²) < 4.78 is 38.6. The summed E-state index contributed by atoms with van der Waals surface area (Å²) in [6.07, 6.45) is 6.06. The van der Waals surface area contributed by atoms with Gasteiger partial charge in [0.2, 0.25) is 0 Å². The minimum absolute atomic E-state index is 0.0161. The molecule has 0 bridgehead atoms. The molecule has 1 N–H and O–H groups in total. The van der Waals surface area contributed by atoms with Crippen molar-refractivity contribution in [3.63, 3.8) is 0 Å². The van der Waals surface area contributed by atoms with Gasteiger partial charge in [-0.2, -0.15) is 0 Å². The van der Waals surface area contributed by atoms with Crippen LogP contribution in [0.25, 0.3) is 0 Å². The third kappa shape index (κ3) is 8.02. The van der Waals surface area contributed by atoms with E-state index in [4.69, 9.17) is 32.7 Å². The molecule has 1 atom stereocenters. The fraction of sp³-hybridized carbons (Fsp3) is 0.417. The third-order valence-corrected chi connectivity index (χ3v) is 9.47. The summed E-state index contributed by atoms with van der Waals surface area (Å²) in [4.78, 5) is 79.1. The Morgan fingerprint density at radius 2 is 1.33 bits per heavy atom. The molecule has 0 fully saturated rings. The zero-order chi connectivity index (χ0) is 37.7. The number of amides is 4. The van der Waals surface area contributed by atoms with Gasteiger partial charge in [0.05, 0.1) is 46.1 Å². The van der Waals surface area contributed by atoms with Gasteiger partial charge in [0, 0.05) is 22.3 Å². The Morgan fingerprint density at radius 3 is 1.85 bits per heavy atom. The van der Waals surface area contributed by atoms with Crippen molar-refractivity contribution in [1.29, 1.82) is 0 Å². The number of alkyl halides is 1. The van der Waals surface area contributed by atoms with E-state index >= 15 is 0 Å². The summed E-state index contributed by atoms with van der Waals surface area (Å²) in [5.41, 5.74) is 1.95. The molecule has 0 spiro atoms. The first-order valence-electron chi connectivity index (χ1n) is 16.9. The Hall–Kier alpha value is -4.69. The SMILES string of the molecule is CCOC(=O)C/N=C1\C=C(N2C(=O)C3=C(CCCC3)C2=O)C(F)C=C1Cl.CCOC(=O)CNc1cc(N2C(=O)C3=C(CCCC3)C2=O)c(F)cc1Cl. The molecular formula is C36H36Cl2F2N4O8. The maximum atomic E-state index is 14.5. The number of benzene rings is 1. The monoisotopic (exact) mass is 760 g/mol. The molecule has 4 amide bonds. The van der Waals surface area contributed by atoms with Crippen LogP contribution in [-0.2, 0) is 38.2 Å². The summed E-state index contributed by atoms with van der Waals surface area (Å²) in [5.74, 6) is -3.75. The number of ether oxygens (including phenoxy) is 2. The van der Waals surface area contributed by atoms with E-state index in [-0.39, 0.29) is 59.1 Å². The lowest BCUT2D eigenvalue weighted by Gasteiger charge is -2.23. The normalized spacial score (nSPS) is 20.7. The zero-order valence-corrected chi connectivity index (χ0v) is 30.0. The van der Waals surface area contributed by atoms with E-state index in [1.54, 1.807) is 13.8 Å². The second-order valence-corrected chi connectivity index (χ2v) is 13.0. The lowest BCUT2D eigenvalue weighted by Crippen LogP contribution is -2.36. The molecule has 0 saturated heterocycles. The highest BCUT2D eigenvalue weighted by atomic mass is 35.5. The molecule has 1 aromatic carbocycles. The number of carbonyl (C=O) groups excluding carboxylic acids is 6. The van der Waals surface area contributed by atoms with Crippen molar-refractivity contribution in [2.45, 2.75) is 71.4 Å². The quantitative estimate of drug-likeness (QED) is 0.244. The second-order valence-electron chi connectivity index (χ2n) is 12.2. The van der Waals surface area contributed by atoms with Crippen LogP contribution < -0.4 is 10.2 Å². The highest BCUT2D eigenvalue weighted by Crippen LogP contribution is 2.40. The summed E-state index contributed by atoms with van der Waals surface area (Å²) in [6.45, 7) is 3.34. The molecule has 16 heteroatoms. The molecule has 0 saturated carbocycles. The second kappa shape index (κ2) is 16.8. The summed E-state index contributed by atoms with van der Waals surface area (Å²) in [7, 11) is 0. The average Bonchev–Trinajstić information content (AvgIpc) is 3.52. The molecule has 52 heavy (non-hydrogen) atoms. The molecule has 5 aliphatic rings. The van der Waals surface area contributed by atoms with Crippen LogP contribution in [0.2, 0.25) is 5.02 Å². The van der Waals surface area contributed by atoms with Crippen LogP contribution in [0.3, 0.4) is 0 Å². The van der Waals surface area contributed by atoms with Crippen molar-refractivity contribution < 1.29 is 47.0 Å². The standard InChI is InChI=1S/2C18H18ClFN2O4/c2*1-2-26-16(23)9-21-14-8-15(13(20)7-12(14)19)22-17(24)10-5-3-4-6-11(10)18(22)25/h7-8,21H,2-6,9H2,1H3;7-8,13H,2-6,9H2,1H3/b;21-14+. The molecular weight excluding hydrogens is 725 g/mol. The third-order valence-electron chi connectivity index (χ3n) is 8.83. The van der Waals surface area contributed by atoms with Crippen LogP contribution in [-0.4, -0.2) is 78.7 Å². The number of esters is 2. The van der Waals surface area contributed by atoms with Crippen molar-refractivity contribution in [2.75, 3.05) is 36.5 Å². The predicted molar refractivity (Wildman–Crippen MR) is 188 cm³/mol. The minimum Gasteiger partial charge on any atom is -0.465 e. The van der Waals surface area contributed by atoms with E-state index in [0.29, 0.717) is 48.0 Å². The summed E-state index contributed by atoms with van der Waals surface area (Å²) >= 11 is 12.0. The van der Waals surface area contributed by atoms with E-state index in [0.717, 1.165) is 47.6 Å². The molecule has 276 valence electrons. The van der Waals surface area contributed by atoms with Gasteiger partial charge in [-0.1, -0.05) is 23.2 Å². The zero-order valence-electron chi connectivity index (χ0n) is 28.5. The van der Waals surface area contributed by atoms with Gasteiger partial charge >= 0.3 is 11.9 Å². The molecule has 6 rings (SSSR count). The maximum Gasteiger partial charge on any atom is 0.327 e. The number of nitrogens with one attached hydrogen (secondary N) is 1. The van der Waals surface area contributed by atoms with E-state index in [2.05, 4.69) is 10.3 Å². The molecule has 2 heterocycles. The fourth-order valence-corrected chi connectivity index (χ4v) is 6.85. The Kier molecular flexibility index (Phi) is 12.4. The van der Waals surface area contributed by atoms with E-state index in [1.807, 2.05) is 0 Å². The molecule has 2 aliphatic heterocycles. The van der Waals surface area contributed by atoms with Crippen LogP contribution in [0.15, 0.2) is 62.3 Å². The van der Waals surface area contributed by atoms with Crippen LogP contribution in [0.5, 0.6) is 0 Å². The Balaban J connectivity index is 0.000000201. The number of imide groups is 2. The van der Waals surface area contributed by atoms with Crippen molar-refractivity contribution in [1.82, 2.24) is 4.90 Å². The first kappa shape index (κ1) is 38.5. The number of allylic oxidation sites excluding steroid dienone is 3. The summed E-state index contributed by atoms with van der Waals surface area (Å²) in [6, 6.07) is 2.29. The van der Waals surface area contributed by atoms with Gasteiger partial charge in [0.15, 0.2) is 6.17 Å². The van der Waals surface area contributed by atoms with Crippen molar-refractivity contribution in [2.24, 2.45) is 4.99 Å². The number of hydrogen-bond donors (Lipinski definition) is 1. The lowest BCUT2D eigenvalue weighted by molar-refractivity contribution is -0.142. The van der Waals surface area contributed by atoms with Gasteiger partial charge in [0.25, 0.3) is 23.6 Å². The van der Waals surface area contributed by atoms with Crippen LogP contribution in [0.1, 0.15) is 65.2 Å². The highest BCUT2D eigenvalue weighted by Gasteiger charge is 2.43. The fourth-order valence-electron chi connectivity index (χ4n) is 6.41. The van der Waals surface area contributed by atoms with Crippen molar-refractivity contribution >= 4 is 75.9 Å². The molecule has 12 nitrogen and oxygen atoms in total. The first-order chi connectivity index (χ1) is 24.9. The largest absolute Gasteiger partial charge is 0.465 e. The lowest BCUT2D eigenvalue weighted by atomic mass is 9.93. The number of anilines is 2. The minimum atomic E-state index is -1.71. The van der Waals surface area contributed by atoms with Gasteiger partial charge in [-0.05, 0) is 89.5 Å². The average molecular weight is 762 g/mol. The van der Waals surface area contributed by atoms with Crippen LogP contribution in [0.4, 0.5) is 20.2 Å². The number of rotatable bonds is 9. The number of hydrogen-bond acceptors (Lipinski definition) is 10. The van der Waals surface area contributed by atoms with E-state index in [9.17, 15) is 37.5 Å². The summed E-state index contributed by atoms with van der Waals surface area (Å²) in [5, 5.41) is 2.80. The van der Waals surface area contributed by atoms with E-state index < -0.39 is 47.6 Å². The number of aliphatic imine (C=N–C) groups is 1. The molecule has 3 aliphatic carbocycles. The maximum absolute atomic E-state index is 14.5. The van der Waals surface area contributed by atoms with Gasteiger partial charge < -0.3 is 14.8 Å². The molecule has 1 unspecified atom stereocenters. The van der Waals surface area contributed by atoms with Crippen LogP contribution >= 0.6 is 23.2 Å². The van der Waals surface area contributed by atoms with Crippen molar-refractivity contribution in [3.8, 4) is 0 Å². The van der Waals surface area contributed by atoms with Crippen molar-refractivity contribution in [3.05, 3.63) is 68.1 Å². The van der Waals surface area contributed by atoms with E-state index in [1.165, 1.54) is 12.1 Å². The molecule has 0 aromatic heterocycles. The van der Waals surface area contributed by atoms with Crippen LogP contribution in [0, 0.1) is 5.82 Å². The number of carbonyl (C=O) groups is 6. The smallest absolute Gasteiger partial charge is 0.327 e. The van der Waals surface area contributed by atoms with Gasteiger partial charge in [0.1, 0.15) is 18.9 Å². The molecule has 0 radical (unpaired) electrons. The highest BCUT2D eigenvalue weighted by molar-refractivity contribution is 6.46.